The second-order valence-corrected chi connectivity index (χ2v) is 8.16. The summed E-state index contributed by atoms with van der Waals surface area (Å²) in [5, 5.41) is 13.2. The fraction of sp³-hybridized carbons (Fsp3) is 0.846. The van der Waals surface area contributed by atoms with Crippen LogP contribution in [0.5, 0.6) is 5.88 Å². The zero-order chi connectivity index (χ0) is 19.8. The topological polar surface area (TPSA) is 158 Å². The predicted molar refractivity (Wildman–Crippen MR) is 96.5 cm³/mol. The molecule has 152 valence electrons. The van der Waals surface area contributed by atoms with Gasteiger partial charge in [0.15, 0.2) is 0 Å². The van der Waals surface area contributed by atoms with E-state index >= 15 is 0 Å². The molecule has 0 aliphatic carbocycles. The van der Waals surface area contributed by atoms with Crippen LogP contribution in [0.25, 0.3) is 0 Å². The van der Waals surface area contributed by atoms with Crippen molar-refractivity contribution in [1.29, 1.82) is 0 Å². The van der Waals surface area contributed by atoms with Gasteiger partial charge in [-0.3, -0.25) is 0 Å². The Balaban J connectivity index is 0.000000597. The molecule has 0 spiro atoms. The number of phosphoric acid groups is 1. The lowest BCUT2D eigenvalue weighted by atomic mass is 10.1. The number of hydrogen-bond donors (Lipinski definition) is 5. The third-order valence-corrected chi connectivity index (χ3v) is 3.54. The molecule has 0 unspecified atom stereocenters. The van der Waals surface area contributed by atoms with Gasteiger partial charge in [0, 0.05) is 25.2 Å². The zero-order valence-corrected chi connectivity index (χ0v) is 16.7. The summed E-state index contributed by atoms with van der Waals surface area (Å²) in [7, 11) is -4.64. The number of aromatic nitrogens is 2. The molecule has 0 saturated carbocycles. The Bertz CT molecular complexity index is 563. The van der Waals surface area contributed by atoms with Crippen molar-refractivity contribution >= 4 is 25.4 Å². The van der Waals surface area contributed by atoms with E-state index in [-0.39, 0.29) is 12.1 Å². The molecule has 1 fully saturated rings. The largest absolute Gasteiger partial charge is 0.472 e. The maximum absolute atomic E-state index is 9.95. The Morgan fingerprint density at radius 1 is 1.31 bits per heavy atom. The lowest BCUT2D eigenvalue weighted by Gasteiger charge is -2.27. The van der Waals surface area contributed by atoms with Crippen molar-refractivity contribution in [2.75, 3.05) is 44.4 Å². The average Bonchev–Trinajstić information content (AvgIpc) is 2.98. The normalized spacial score (nSPS) is 16.7. The van der Waals surface area contributed by atoms with Gasteiger partial charge in [-0.15, -0.1) is 4.37 Å². The molecule has 5 N–H and O–H groups in total. The smallest absolute Gasteiger partial charge is 0.466 e. The number of rotatable bonds is 6. The summed E-state index contributed by atoms with van der Waals surface area (Å²) in [5.74, 6) is 1.25. The molecule has 1 aliphatic heterocycles. The standard InChI is InChI=1S/C13H24N4O3S.H3O4P/c1-13(2,3)14-8-10(18)9-20-12-11(15-21-16-12)17-4-6-19-7-5-17;1-5(2,3)4/h10,14,18H,4-9H2,1-3H3;(H3,1,2,3,4)/t10-;/m0./s1. The van der Waals surface area contributed by atoms with Crippen LogP contribution in [0.15, 0.2) is 0 Å². The Labute approximate surface area is 156 Å². The van der Waals surface area contributed by atoms with Gasteiger partial charge in [-0.25, -0.2) is 4.57 Å². The van der Waals surface area contributed by atoms with Crippen molar-refractivity contribution < 1.29 is 33.8 Å². The van der Waals surface area contributed by atoms with Gasteiger partial charge in [-0.1, -0.05) is 0 Å². The first kappa shape index (κ1) is 23.2. The van der Waals surface area contributed by atoms with Gasteiger partial charge in [0.25, 0.3) is 5.88 Å². The van der Waals surface area contributed by atoms with Crippen LogP contribution in [0.1, 0.15) is 20.8 Å². The fourth-order valence-electron chi connectivity index (χ4n) is 1.89. The summed E-state index contributed by atoms with van der Waals surface area (Å²) >= 11 is 1.12. The summed E-state index contributed by atoms with van der Waals surface area (Å²) in [6, 6.07) is 0. The summed E-state index contributed by atoms with van der Waals surface area (Å²) < 4.78 is 28.3. The van der Waals surface area contributed by atoms with Crippen molar-refractivity contribution in [3.05, 3.63) is 0 Å². The van der Waals surface area contributed by atoms with Crippen LogP contribution in [0.3, 0.4) is 0 Å². The van der Waals surface area contributed by atoms with Crippen LogP contribution in [0.2, 0.25) is 0 Å². The molecule has 0 aromatic carbocycles. The van der Waals surface area contributed by atoms with Crippen LogP contribution >= 0.6 is 19.6 Å². The first-order chi connectivity index (χ1) is 12.0. The van der Waals surface area contributed by atoms with Gasteiger partial charge >= 0.3 is 7.82 Å². The third-order valence-electron chi connectivity index (χ3n) is 3.03. The number of β-amino-alcohol motifs (C(OH)–C–C–N with tert-alkyl or cyclic N) is 1. The van der Waals surface area contributed by atoms with E-state index in [0.29, 0.717) is 25.6 Å². The summed E-state index contributed by atoms with van der Waals surface area (Å²) in [5.41, 5.74) is -0.0257. The molecule has 1 atom stereocenters. The van der Waals surface area contributed by atoms with Crippen LogP contribution in [-0.2, 0) is 9.30 Å². The first-order valence-electron chi connectivity index (χ1n) is 7.95. The third kappa shape index (κ3) is 11.0. The summed E-state index contributed by atoms with van der Waals surface area (Å²) in [4.78, 5) is 23.7. The maximum atomic E-state index is 9.95. The highest BCUT2D eigenvalue weighted by molar-refractivity contribution is 7.45. The van der Waals surface area contributed by atoms with Crippen LogP contribution in [0, 0.1) is 0 Å². The van der Waals surface area contributed by atoms with Crippen molar-refractivity contribution in [1.82, 2.24) is 14.1 Å². The van der Waals surface area contributed by atoms with Gasteiger partial charge in [0.2, 0.25) is 5.82 Å². The molecule has 2 heterocycles. The van der Waals surface area contributed by atoms with Crippen molar-refractivity contribution in [2.24, 2.45) is 0 Å². The highest BCUT2D eigenvalue weighted by atomic mass is 32.1. The molecule has 1 aromatic heterocycles. The van der Waals surface area contributed by atoms with Crippen LogP contribution < -0.4 is 15.0 Å². The fourth-order valence-corrected chi connectivity index (χ4v) is 2.41. The minimum atomic E-state index is -4.64. The molecule has 0 amide bonds. The number of nitrogens with one attached hydrogen (secondary N) is 1. The Kier molecular flexibility index (Phi) is 9.34. The van der Waals surface area contributed by atoms with Crippen molar-refractivity contribution in [3.8, 4) is 5.88 Å². The highest BCUT2D eigenvalue weighted by Crippen LogP contribution is 2.26. The molecule has 11 nitrogen and oxygen atoms in total. The molecule has 1 aromatic rings. The number of hydrogen-bond acceptors (Lipinski definition) is 9. The zero-order valence-electron chi connectivity index (χ0n) is 15.0. The first-order valence-corrected chi connectivity index (χ1v) is 10.2. The average molecular weight is 414 g/mol. The number of aliphatic hydroxyl groups is 1. The van der Waals surface area contributed by atoms with Gasteiger partial charge < -0.3 is 39.5 Å². The van der Waals surface area contributed by atoms with Gasteiger partial charge in [-0.2, -0.15) is 4.37 Å². The quantitative estimate of drug-likeness (QED) is 0.385. The summed E-state index contributed by atoms with van der Waals surface area (Å²) in [6.07, 6.45) is -0.580. The second kappa shape index (κ2) is 10.5. The molecule has 26 heavy (non-hydrogen) atoms. The number of anilines is 1. The number of morpholine rings is 1. The van der Waals surface area contributed by atoms with Crippen LogP contribution in [-0.4, -0.2) is 79.6 Å². The Morgan fingerprint density at radius 3 is 2.42 bits per heavy atom. The molecular weight excluding hydrogens is 387 g/mol. The molecule has 0 radical (unpaired) electrons. The van der Waals surface area contributed by atoms with E-state index in [1.54, 1.807) is 0 Å². The summed E-state index contributed by atoms with van der Waals surface area (Å²) in [6.45, 7) is 9.81. The lowest BCUT2D eigenvalue weighted by Crippen LogP contribution is -2.42. The van der Waals surface area contributed by atoms with Crippen molar-refractivity contribution in [3.63, 3.8) is 0 Å². The van der Waals surface area contributed by atoms with E-state index in [1.807, 2.05) is 0 Å². The predicted octanol–water partition coefficient (Wildman–Crippen LogP) is -0.426. The number of aliphatic hydroxyl groups excluding tert-OH is 1. The molecule has 1 aliphatic rings. The highest BCUT2D eigenvalue weighted by Gasteiger charge is 2.21. The van der Waals surface area contributed by atoms with E-state index in [9.17, 15) is 5.11 Å². The van der Waals surface area contributed by atoms with Crippen LogP contribution in [0.4, 0.5) is 5.82 Å². The molecule has 0 bridgehead atoms. The maximum Gasteiger partial charge on any atom is 0.466 e. The number of ether oxygens (including phenoxy) is 2. The SMILES string of the molecule is CC(C)(C)NC[C@H](O)COc1nsnc1N1CCOCC1.O=P(O)(O)O. The van der Waals surface area contributed by atoms with Gasteiger partial charge in [0.05, 0.1) is 24.9 Å². The van der Waals surface area contributed by atoms with E-state index in [2.05, 4.69) is 39.7 Å². The van der Waals surface area contributed by atoms with E-state index < -0.39 is 13.9 Å². The minimum absolute atomic E-state index is 0.0257. The Hall–Kier alpha value is -0.850. The molecule has 1 saturated heterocycles. The van der Waals surface area contributed by atoms with Crippen molar-refractivity contribution in [2.45, 2.75) is 32.4 Å². The minimum Gasteiger partial charge on any atom is -0.472 e. The second-order valence-electron chi connectivity index (χ2n) is 6.60. The molecular formula is C13H27N4O7PS. The van der Waals surface area contributed by atoms with E-state index in [4.69, 9.17) is 28.7 Å². The number of nitrogens with zero attached hydrogens (tertiary/aromatic N) is 3. The van der Waals surface area contributed by atoms with Gasteiger partial charge in [-0.05, 0) is 20.8 Å². The van der Waals surface area contributed by atoms with E-state index in [0.717, 1.165) is 30.6 Å². The lowest BCUT2D eigenvalue weighted by molar-refractivity contribution is 0.0975. The molecule has 13 heteroatoms. The molecule has 2 rings (SSSR count). The Morgan fingerprint density at radius 2 is 1.88 bits per heavy atom. The monoisotopic (exact) mass is 414 g/mol. The van der Waals surface area contributed by atoms with E-state index in [1.165, 1.54) is 0 Å². The van der Waals surface area contributed by atoms with Gasteiger partial charge in [0.1, 0.15) is 12.7 Å².